The first-order valence-corrected chi connectivity index (χ1v) is 7.45. The second-order valence-corrected chi connectivity index (χ2v) is 6.09. The molecule has 20 heavy (non-hydrogen) atoms. The van der Waals surface area contributed by atoms with E-state index in [-0.39, 0.29) is 23.0 Å². The van der Waals surface area contributed by atoms with Crippen LogP contribution in [0.1, 0.15) is 11.1 Å². The van der Waals surface area contributed by atoms with Crippen molar-refractivity contribution in [2.75, 3.05) is 13.2 Å². The van der Waals surface area contributed by atoms with Gasteiger partial charge >= 0.3 is 6.09 Å². The zero-order chi connectivity index (χ0) is 15.3. The third-order valence-corrected chi connectivity index (χ3v) is 4.24. The Kier molecular flexibility index (Phi) is 5.43. The minimum Gasteiger partial charge on any atom is -0.448 e. The number of ether oxygens (including phenoxy) is 1. The van der Waals surface area contributed by atoms with E-state index in [1.54, 1.807) is 19.1 Å². The lowest BCUT2D eigenvalue weighted by Gasteiger charge is -2.10. The summed E-state index contributed by atoms with van der Waals surface area (Å²) >= 11 is 4.81. The molecule has 7 nitrogen and oxygen atoms in total. The van der Waals surface area contributed by atoms with Crippen LogP contribution in [-0.2, 0) is 14.8 Å². The first kappa shape index (κ1) is 16.3. The standard InChI is InChI=1S/C11H15N3O4S2/c1-7-2-3-8(10(12)19)6-9(7)20(16,17)14-4-5-18-11(13)15/h2-3,6,14H,4-5H2,1H3,(H2,12,19)(H2,13,15). The highest BCUT2D eigenvalue weighted by molar-refractivity contribution is 7.89. The number of amides is 1. The Hall–Kier alpha value is -1.71. The predicted molar refractivity (Wildman–Crippen MR) is 77.8 cm³/mol. The van der Waals surface area contributed by atoms with E-state index in [2.05, 4.69) is 9.46 Å². The molecule has 0 aliphatic rings. The molecule has 0 heterocycles. The van der Waals surface area contributed by atoms with E-state index < -0.39 is 16.1 Å². The van der Waals surface area contributed by atoms with Crippen LogP contribution in [0.4, 0.5) is 4.79 Å². The second-order valence-electron chi connectivity index (χ2n) is 3.91. The maximum absolute atomic E-state index is 12.1. The fraction of sp³-hybridized carbons (Fsp3) is 0.273. The summed E-state index contributed by atoms with van der Waals surface area (Å²) in [5, 5.41) is 0. The minimum absolute atomic E-state index is 0.0712. The number of carbonyl (C=O) groups excluding carboxylic acids is 1. The van der Waals surface area contributed by atoms with Gasteiger partial charge in [-0.25, -0.2) is 17.9 Å². The number of nitrogens with two attached hydrogens (primary N) is 2. The minimum atomic E-state index is -3.74. The van der Waals surface area contributed by atoms with Crippen LogP contribution in [0.2, 0.25) is 0 Å². The first-order chi connectivity index (χ1) is 9.24. The molecular formula is C11H15N3O4S2. The van der Waals surface area contributed by atoms with Gasteiger partial charge in [-0.2, -0.15) is 0 Å². The number of sulfonamides is 1. The molecule has 0 aliphatic heterocycles. The van der Waals surface area contributed by atoms with E-state index in [1.165, 1.54) is 6.07 Å². The molecule has 5 N–H and O–H groups in total. The van der Waals surface area contributed by atoms with E-state index >= 15 is 0 Å². The number of carbonyl (C=O) groups is 1. The molecule has 0 saturated heterocycles. The van der Waals surface area contributed by atoms with Crippen molar-refractivity contribution in [3.63, 3.8) is 0 Å². The fourth-order valence-electron chi connectivity index (χ4n) is 1.45. The number of hydrogen-bond acceptors (Lipinski definition) is 5. The van der Waals surface area contributed by atoms with E-state index in [1.807, 2.05) is 0 Å². The van der Waals surface area contributed by atoms with Gasteiger partial charge in [0.15, 0.2) is 0 Å². The Bertz CT molecular complexity index is 629. The zero-order valence-electron chi connectivity index (χ0n) is 10.8. The van der Waals surface area contributed by atoms with Crippen molar-refractivity contribution in [1.29, 1.82) is 0 Å². The summed E-state index contributed by atoms with van der Waals surface area (Å²) in [6.45, 7) is 1.42. The maximum atomic E-state index is 12.1. The van der Waals surface area contributed by atoms with Gasteiger partial charge < -0.3 is 16.2 Å². The van der Waals surface area contributed by atoms with Crippen molar-refractivity contribution in [3.8, 4) is 0 Å². The van der Waals surface area contributed by atoms with Crippen molar-refractivity contribution in [1.82, 2.24) is 4.72 Å². The summed E-state index contributed by atoms with van der Waals surface area (Å²) in [7, 11) is -3.74. The maximum Gasteiger partial charge on any atom is 0.404 e. The van der Waals surface area contributed by atoms with Gasteiger partial charge in [-0.3, -0.25) is 0 Å². The van der Waals surface area contributed by atoms with Gasteiger partial charge in [0.1, 0.15) is 11.6 Å². The van der Waals surface area contributed by atoms with Crippen molar-refractivity contribution in [3.05, 3.63) is 29.3 Å². The van der Waals surface area contributed by atoms with Crippen LogP contribution in [0.5, 0.6) is 0 Å². The van der Waals surface area contributed by atoms with E-state index in [0.29, 0.717) is 11.1 Å². The molecule has 0 atom stereocenters. The topological polar surface area (TPSA) is 125 Å². The molecule has 0 aromatic heterocycles. The number of benzene rings is 1. The monoisotopic (exact) mass is 317 g/mol. The van der Waals surface area contributed by atoms with Crippen LogP contribution in [0.25, 0.3) is 0 Å². The number of aryl methyl sites for hydroxylation is 1. The molecule has 110 valence electrons. The van der Waals surface area contributed by atoms with Gasteiger partial charge in [0.2, 0.25) is 10.0 Å². The molecule has 0 unspecified atom stereocenters. The molecule has 0 saturated carbocycles. The Labute approximate surface area is 122 Å². The molecule has 0 aliphatic carbocycles. The summed E-state index contributed by atoms with van der Waals surface area (Å²) in [4.78, 5) is 10.5. The van der Waals surface area contributed by atoms with E-state index in [9.17, 15) is 13.2 Å². The number of thiocarbonyl (C=S) groups is 1. The Morgan fingerprint density at radius 1 is 1.40 bits per heavy atom. The molecule has 1 aromatic rings. The Morgan fingerprint density at radius 2 is 2.05 bits per heavy atom. The predicted octanol–water partition coefficient (Wildman–Crippen LogP) is 0.00282. The van der Waals surface area contributed by atoms with Gasteiger partial charge in [0, 0.05) is 12.1 Å². The number of primary amides is 1. The van der Waals surface area contributed by atoms with E-state index in [4.69, 9.17) is 23.7 Å². The summed E-state index contributed by atoms with van der Waals surface area (Å²) < 4.78 is 30.9. The lowest BCUT2D eigenvalue weighted by atomic mass is 10.1. The van der Waals surface area contributed by atoms with Crippen LogP contribution in [0, 0.1) is 6.92 Å². The lowest BCUT2D eigenvalue weighted by molar-refractivity contribution is 0.159. The average Bonchev–Trinajstić information content (AvgIpc) is 2.34. The van der Waals surface area contributed by atoms with Gasteiger partial charge in [-0.15, -0.1) is 0 Å². The van der Waals surface area contributed by atoms with Gasteiger partial charge in [-0.1, -0.05) is 24.4 Å². The highest BCUT2D eigenvalue weighted by atomic mass is 32.2. The van der Waals surface area contributed by atoms with Crippen molar-refractivity contribution < 1.29 is 17.9 Å². The molecule has 1 amide bonds. The lowest BCUT2D eigenvalue weighted by Crippen LogP contribution is -2.29. The quantitative estimate of drug-likeness (QED) is 0.501. The highest BCUT2D eigenvalue weighted by Gasteiger charge is 2.17. The molecule has 9 heteroatoms. The molecule has 0 radical (unpaired) electrons. The van der Waals surface area contributed by atoms with Crippen LogP contribution in [0.15, 0.2) is 23.1 Å². The molecule has 1 aromatic carbocycles. The summed E-state index contributed by atoms with van der Waals surface area (Å²) in [5.74, 6) is 0. The normalized spacial score (nSPS) is 11.1. The molecule has 0 spiro atoms. The number of nitrogens with one attached hydrogen (secondary N) is 1. The average molecular weight is 317 g/mol. The van der Waals surface area contributed by atoms with Crippen molar-refractivity contribution >= 4 is 33.3 Å². The number of rotatable bonds is 6. The van der Waals surface area contributed by atoms with Crippen molar-refractivity contribution in [2.45, 2.75) is 11.8 Å². The first-order valence-electron chi connectivity index (χ1n) is 5.56. The van der Waals surface area contributed by atoms with Crippen LogP contribution in [0.3, 0.4) is 0 Å². The van der Waals surface area contributed by atoms with Crippen LogP contribution < -0.4 is 16.2 Å². The largest absolute Gasteiger partial charge is 0.448 e. The van der Waals surface area contributed by atoms with Gasteiger partial charge in [0.05, 0.1) is 4.90 Å². The van der Waals surface area contributed by atoms with Gasteiger partial charge in [-0.05, 0) is 18.6 Å². The molecule has 1 rings (SSSR count). The van der Waals surface area contributed by atoms with E-state index in [0.717, 1.165) is 0 Å². The Balaban J connectivity index is 2.89. The Morgan fingerprint density at radius 3 is 2.60 bits per heavy atom. The smallest absolute Gasteiger partial charge is 0.404 e. The van der Waals surface area contributed by atoms with Gasteiger partial charge in [0.25, 0.3) is 0 Å². The SMILES string of the molecule is Cc1ccc(C(N)=S)cc1S(=O)(=O)NCCOC(N)=O. The third-order valence-electron chi connectivity index (χ3n) is 2.40. The second kappa shape index (κ2) is 6.64. The summed E-state index contributed by atoms with van der Waals surface area (Å²) in [6, 6.07) is 4.66. The zero-order valence-corrected chi connectivity index (χ0v) is 12.4. The number of hydrogen-bond donors (Lipinski definition) is 3. The summed E-state index contributed by atoms with van der Waals surface area (Å²) in [6.07, 6.45) is -0.962. The molecule has 0 fully saturated rings. The van der Waals surface area contributed by atoms with Crippen LogP contribution >= 0.6 is 12.2 Å². The highest BCUT2D eigenvalue weighted by Crippen LogP contribution is 2.16. The van der Waals surface area contributed by atoms with Crippen LogP contribution in [-0.4, -0.2) is 32.7 Å². The van der Waals surface area contributed by atoms with Crippen molar-refractivity contribution in [2.24, 2.45) is 11.5 Å². The third kappa shape index (κ3) is 4.44. The summed E-state index contributed by atoms with van der Waals surface area (Å²) in [5.41, 5.74) is 11.2. The molecular weight excluding hydrogens is 302 g/mol. The fourth-order valence-corrected chi connectivity index (χ4v) is 2.86. The molecule has 0 bridgehead atoms.